The standard InChI is InChI=1S/C17H24GeN/c1-13-9-7-8-10-15(13)17-12-11-16(18(3,4)5)14(2)19(17)6/h7-12H,1-6H3/q+1/i2D3. The Bertz CT molecular complexity index is 700. The summed E-state index contributed by atoms with van der Waals surface area (Å²) in [6.45, 7) is -0.0405. The minimum atomic E-state index is -2.27. The molecule has 0 saturated carbocycles. The van der Waals surface area contributed by atoms with Gasteiger partial charge in [0.2, 0.25) is 0 Å². The van der Waals surface area contributed by atoms with Crippen molar-refractivity contribution in [2.45, 2.75) is 31.0 Å². The van der Waals surface area contributed by atoms with Crippen molar-refractivity contribution in [3.8, 4) is 11.3 Å². The Morgan fingerprint density at radius 3 is 2.32 bits per heavy atom. The summed E-state index contributed by atoms with van der Waals surface area (Å²) in [7, 11) is 1.88. The van der Waals surface area contributed by atoms with Gasteiger partial charge in [0.05, 0.1) is 0 Å². The van der Waals surface area contributed by atoms with Crippen molar-refractivity contribution in [2.75, 3.05) is 0 Å². The molecule has 0 unspecified atom stereocenters. The van der Waals surface area contributed by atoms with Gasteiger partial charge in [0.1, 0.15) is 0 Å². The maximum atomic E-state index is 7.99. The summed E-state index contributed by atoms with van der Waals surface area (Å²) >= 11 is -2.27. The van der Waals surface area contributed by atoms with Crippen molar-refractivity contribution in [1.82, 2.24) is 0 Å². The van der Waals surface area contributed by atoms with Gasteiger partial charge in [0.15, 0.2) is 0 Å². The fraction of sp³-hybridized carbons (Fsp3) is 0.353. The Kier molecular flexibility index (Phi) is 2.88. The molecular weight excluding hydrogens is 291 g/mol. The van der Waals surface area contributed by atoms with E-state index in [9.17, 15) is 0 Å². The van der Waals surface area contributed by atoms with Crippen molar-refractivity contribution in [3.63, 3.8) is 0 Å². The molecule has 0 bridgehead atoms. The first-order chi connectivity index (χ1) is 10.0. The molecule has 2 heteroatoms. The van der Waals surface area contributed by atoms with E-state index >= 15 is 0 Å². The normalized spacial score (nSPS) is 14.7. The predicted molar refractivity (Wildman–Crippen MR) is 85.5 cm³/mol. The first-order valence-electron chi connectivity index (χ1n) is 8.13. The van der Waals surface area contributed by atoms with E-state index in [0.717, 1.165) is 21.2 Å². The van der Waals surface area contributed by atoms with Gasteiger partial charge < -0.3 is 0 Å². The topological polar surface area (TPSA) is 3.88 Å². The molecule has 0 amide bonds. The summed E-state index contributed by atoms with van der Waals surface area (Å²) in [6.07, 6.45) is 0. The van der Waals surface area contributed by atoms with Gasteiger partial charge in [0.25, 0.3) is 0 Å². The number of aromatic nitrogens is 1. The van der Waals surface area contributed by atoms with Gasteiger partial charge in [-0.25, -0.2) is 0 Å². The van der Waals surface area contributed by atoms with Crippen LogP contribution in [0.15, 0.2) is 36.4 Å². The van der Waals surface area contributed by atoms with Gasteiger partial charge in [-0.15, -0.1) is 0 Å². The number of benzene rings is 1. The second kappa shape index (κ2) is 5.12. The molecule has 0 fully saturated rings. The quantitative estimate of drug-likeness (QED) is 0.591. The Hall–Kier alpha value is -1.09. The molecule has 0 radical (unpaired) electrons. The van der Waals surface area contributed by atoms with E-state index in [1.807, 2.05) is 35.9 Å². The number of hydrogen-bond acceptors (Lipinski definition) is 0. The molecule has 0 N–H and O–H groups in total. The van der Waals surface area contributed by atoms with Crippen molar-refractivity contribution in [1.29, 1.82) is 0 Å². The molecule has 0 aliphatic heterocycles. The van der Waals surface area contributed by atoms with Gasteiger partial charge in [-0.05, 0) is 0 Å². The monoisotopic (exact) mass is 319 g/mol. The van der Waals surface area contributed by atoms with Gasteiger partial charge in [-0.3, -0.25) is 0 Å². The van der Waals surface area contributed by atoms with Crippen molar-refractivity contribution in [3.05, 3.63) is 47.7 Å². The van der Waals surface area contributed by atoms with Crippen LogP contribution in [0.1, 0.15) is 15.4 Å². The Morgan fingerprint density at radius 1 is 1.05 bits per heavy atom. The molecule has 19 heavy (non-hydrogen) atoms. The molecule has 0 spiro atoms. The number of nitrogens with zero attached hydrogens (tertiary/aromatic N) is 1. The van der Waals surface area contributed by atoms with Crippen LogP contribution in [0.4, 0.5) is 0 Å². The first-order valence-corrected chi connectivity index (χ1v) is 14.0. The summed E-state index contributed by atoms with van der Waals surface area (Å²) in [5.74, 6) is 6.70. The van der Waals surface area contributed by atoms with Crippen LogP contribution < -0.4 is 8.96 Å². The Balaban J connectivity index is 2.80. The average molecular weight is 318 g/mol. The second-order valence-corrected chi connectivity index (χ2v) is 16.7. The molecule has 1 aromatic heterocycles. The van der Waals surface area contributed by atoms with Gasteiger partial charge in [0, 0.05) is 0 Å². The van der Waals surface area contributed by atoms with Crippen molar-refractivity contribution >= 4 is 17.7 Å². The third-order valence-electron chi connectivity index (χ3n) is 3.59. The molecule has 2 rings (SSSR count). The Labute approximate surface area is 123 Å². The molecule has 2 aromatic rings. The fourth-order valence-electron chi connectivity index (χ4n) is 2.39. The average Bonchev–Trinajstić information content (AvgIpc) is 2.37. The summed E-state index contributed by atoms with van der Waals surface area (Å²) < 4.78 is 26.9. The van der Waals surface area contributed by atoms with Crippen LogP contribution >= 0.6 is 0 Å². The van der Waals surface area contributed by atoms with Crippen LogP contribution in [-0.4, -0.2) is 13.3 Å². The molecule has 1 aromatic carbocycles. The maximum absolute atomic E-state index is 7.99. The van der Waals surface area contributed by atoms with Gasteiger partial charge in [-0.1, -0.05) is 0 Å². The van der Waals surface area contributed by atoms with E-state index in [-0.39, 0.29) is 0 Å². The number of hydrogen-bond donors (Lipinski definition) is 0. The SMILES string of the molecule is [2H]C([2H])([2H])c1[c]([Ge]([CH3])([CH3])[CH3])ccc(-c2ccccc2C)[n+]1C. The van der Waals surface area contributed by atoms with Crippen molar-refractivity contribution < 1.29 is 8.68 Å². The van der Waals surface area contributed by atoms with Crippen LogP contribution in [0.2, 0.25) is 17.3 Å². The van der Waals surface area contributed by atoms with Crippen LogP contribution in [0.25, 0.3) is 11.3 Å². The molecule has 100 valence electrons. The van der Waals surface area contributed by atoms with E-state index in [1.165, 1.54) is 0 Å². The zero-order chi connectivity index (χ0) is 16.7. The first kappa shape index (κ1) is 10.7. The summed E-state index contributed by atoms with van der Waals surface area (Å²) in [6, 6.07) is 12.2. The van der Waals surface area contributed by atoms with Gasteiger partial charge in [-0.2, -0.15) is 0 Å². The number of pyridine rings is 1. The van der Waals surface area contributed by atoms with Crippen LogP contribution in [0, 0.1) is 13.8 Å². The van der Waals surface area contributed by atoms with Crippen LogP contribution in [0.5, 0.6) is 0 Å². The van der Waals surface area contributed by atoms with E-state index in [2.05, 4.69) is 36.3 Å². The number of aryl methyl sites for hydroxylation is 1. The molecular formula is C17H24GeN+. The van der Waals surface area contributed by atoms with E-state index in [4.69, 9.17) is 4.11 Å². The van der Waals surface area contributed by atoms with E-state index in [0.29, 0.717) is 5.69 Å². The second-order valence-electron chi connectivity index (χ2n) is 6.10. The molecule has 0 aliphatic rings. The molecule has 0 atom stereocenters. The molecule has 1 heterocycles. The van der Waals surface area contributed by atoms with E-state index in [1.54, 1.807) is 0 Å². The molecule has 1 nitrogen and oxygen atoms in total. The fourth-order valence-corrected chi connectivity index (χ4v) is 5.46. The Morgan fingerprint density at radius 2 is 1.74 bits per heavy atom. The summed E-state index contributed by atoms with van der Waals surface area (Å²) in [5, 5.41) is 0. The third kappa shape index (κ3) is 2.76. The van der Waals surface area contributed by atoms with Crippen molar-refractivity contribution in [2.24, 2.45) is 7.05 Å². The minimum absolute atomic E-state index is 0.501. The van der Waals surface area contributed by atoms with E-state index < -0.39 is 20.1 Å². The zero-order valence-corrected chi connectivity index (χ0v) is 14.5. The summed E-state index contributed by atoms with van der Waals surface area (Å²) in [5.41, 5.74) is 3.70. The van der Waals surface area contributed by atoms with Crippen LogP contribution in [-0.2, 0) is 7.05 Å². The summed E-state index contributed by atoms with van der Waals surface area (Å²) in [4.78, 5) is 0. The predicted octanol–water partition coefficient (Wildman–Crippen LogP) is 3.34. The zero-order valence-electron chi connectivity index (χ0n) is 15.4. The van der Waals surface area contributed by atoms with Gasteiger partial charge >= 0.3 is 123 Å². The van der Waals surface area contributed by atoms with Crippen LogP contribution in [0.3, 0.4) is 0 Å². The molecule has 0 aliphatic carbocycles. The third-order valence-corrected chi connectivity index (χ3v) is 7.83. The molecule has 0 saturated heterocycles. The number of rotatable bonds is 2.